The van der Waals surface area contributed by atoms with Crippen molar-refractivity contribution in [2.24, 2.45) is 11.7 Å². The first-order valence-corrected chi connectivity index (χ1v) is 14.0. The van der Waals surface area contributed by atoms with Crippen molar-refractivity contribution in [3.8, 4) is 11.3 Å². The third-order valence-corrected chi connectivity index (χ3v) is 9.12. The van der Waals surface area contributed by atoms with E-state index in [9.17, 15) is 5.11 Å². The van der Waals surface area contributed by atoms with Gasteiger partial charge in [0, 0.05) is 38.1 Å². The van der Waals surface area contributed by atoms with Crippen LogP contribution in [0.4, 0.5) is 8.78 Å². The van der Waals surface area contributed by atoms with Crippen molar-refractivity contribution in [2.75, 3.05) is 13.2 Å². The summed E-state index contributed by atoms with van der Waals surface area (Å²) in [7, 11) is 0. The largest absolute Gasteiger partial charge is 0.388 e. The summed E-state index contributed by atoms with van der Waals surface area (Å²) in [5, 5.41) is 15.4. The molecular formula is C31H35F2N5O2. The lowest BCUT2D eigenvalue weighted by atomic mass is 9.67. The zero-order chi connectivity index (χ0) is 28.0. The summed E-state index contributed by atoms with van der Waals surface area (Å²) in [4.78, 5) is 8.95. The molecule has 4 atom stereocenters. The van der Waals surface area contributed by atoms with E-state index < -0.39 is 17.2 Å². The maximum Gasteiger partial charge on any atom is 0.135 e. The van der Waals surface area contributed by atoms with E-state index in [1.807, 2.05) is 26.1 Å². The number of benzene rings is 1. The molecule has 0 spiro atoms. The second kappa shape index (κ2) is 10.6. The fourth-order valence-electron chi connectivity index (χ4n) is 6.37. The van der Waals surface area contributed by atoms with Gasteiger partial charge in [-0.2, -0.15) is 5.10 Å². The van der Waals surface area contributed by atoms with Crippen LogP contribution in [0, 0.1) is 17.6 Å². The zero-order valence-electron chi connectivity index (χ0n) is 22.9. The molecule has 1 saturated carbocycles. The first kappa shape index (κ1) is 26.9. The molecule has 3 N–H and O–H groups in total. The quantitative estimate of drug-likeness (QED) is 0.359. The van der Waals surface area contributed by atoms with E-state index in [1.54, 1.807) is 29.0 Å². The standard InChI is InChI=1S/C31H35F2N5O2/c1-18-11-21(14-28(34)31(18,2)39)24-5-8-35-16-22(24)15-29-36-17-23-3-4-27(37-38(23)29)30-25(32)12-20(13-26(30)33)19-6-9-40-10-7-19/h3-5,8,12-13,16-19,21,28,39H,6-7,9-11,14-15,34H2,1-2H3/t18-,21+,28+,31+/m0/s1. The maximum atomic E-state index is 15.3. The number of nitrogens with zero attached hydrogens (tertiary/aromatic N) is 4. The number of hydrogen-bond donors (Lipinski definition) is 2. The van der Waals surface area contributed by atoms with Crippen molar-refractivity contribution in [2.45, 2.75) is 69.4 Å². The number of rotatable bonds is 5. The molecule has 40 heavy (non-hydrogen) atoms. The fraction of sp³-hybridized carbons (Fsp3) is 0.452. The molecule has 1 aliphatic heterocycles. The Morgan fingerprint density at radius 3 is 2.55 bits per heavy atom. The Bertz CT molecular complexity index is 1490. The maximum absolute atomic E-state index is 15.3. The van der Waals surface area contributed by atoms with Crippen molar-refractivity contribution in [1.82, 2.24) is 19.6 Å². The van der Waals surface area contributed by atoms with Crippen LogP contribution in [0.2, 0.25) is 0 Å². The van der Waals surface area contributed by atoms with Gasteiger partial charge in [-0.05, 0) is 97.4 Å². The summed E-state index contributed by atoms with van der Waals surface area (Å²) < 4.78 is 37.7. The number of fused-ring (bicyclic) bond motifs is 1. The molecule has 0 amide bonds. The lowest BCUT2D eigenvalue weighted by molar-refractivity contribution is -0.0464. The van der Waals surface area contributed by atoms with Crippen LogP contribution in [0.25, 0.3) is 16.8 Å². The fourth-order valence-corrected chi connectivity index (χ4v) is 6.37. The molecule has 0 unspecified atom stereocenters. The minimum Gasteiger partial charge on any atom is -0.388 e. The van der Waals surface area contributed by atoms with Gasteiger partial charge >= 0.3 is 0 Å². The molecule has 1 aliphatic carbocycles. The van der Waals surface area contributed by atoms with Crippen molar-refractivity contribution in [3.63, 3.8) is 0 Å². The third-order valence-electron chi connectivity index (χ3n) is 9.12. The van der Waals surface area contributed by atoms with Gasteiger partial charge in [0.25, 0.3) is 0 Å². The SMILES string of the molecule is C[C@H]1C[C@@H](c2ccncc2Cc2ncc3ccc(-c4c(F)cc(C5CCOCC5)cc4F)nn23)C[C@@H](N)[C@]1(C)O. The summed E-state index contributed by atoms with van der Waals surface area (Å²) in [6.45, 7) is 5.05. The van der Waals surface area contributed by atoms with Gasteiger partial charge in [-0.15, -0.1) is 0 Å². The molecule has 9 heteroatoms. The number of aromatic nitrogens is 4. The average Bonchev–Trinajstić information content (AvgIpc) is 3.34. The van der Waals surface area contributed by atoms with Crippen LogP contribution >= 0.6 is 0 Å². The summed E-state index contributed by atoms with van der Waals surface area (Å²) in [5.74, 6) is -0.293. The highest BCUT2D eigenvalue weighted by molar-refractivity contribution is 5.63. The molecule has 6 rings (SSSR count). The molecule has 4 heterocycles. The van der Waals surface area contributed by atoms with Crippen LogP contribution in [0.1, 0.15) is 73.9 Å². The van der Waals surface area contributed by atoms with E-state index in [4.69, 9.17) is 10.5 Å². The Morgan fingerprint density at radius 2 is 1.82 bits per heavy atom. The molecule has 0 radical (unpaired) electrons. The lowest BCUT2D eigenvalue weighted by Crippen LogP contribution is -2.54. The normalized spacial score (nSPS) is 25.9. The van der Waals surface area contributed by atoms with Crippen LogP contribution in [0.3, 0.4) is 0 Å². The molecular weight excluding hydrogens is 512 g/mol. The Hall–Kier alpha value is -3.27. The van der Waals surface area contributed by atoms with Crippen LogP contribution in [0.15, 0.2) is 48.9 Å². The van der Waals surface area contributed by atoms with Gasteiger partial charge in [0.1, 0.15) is 17.5 Å². The van der Waals surface area contributed by atoms with Crippen LogP contribution in [-0.4, -0.2) is 49.5 Å². The molecule has 2 aliphatic rings. The first-order chi connectivity index (χ1) is 19.2. The third kappa shape index (κ3) is 4.91. The first-order valence-electron chi connectivity index (χ1n) is 14.0. The number of aliphatic hydroxyl groups is 1. The monoisotopic (exact) mass is 547 g/mol. The number of halogens is 2. The molecule has 3 aromatic heterocycles. The van der Waals surface area contributed by atoms with Gasteiger partial charge in [-0.3, -0.25) is 4.98 Å². The van der Waals surface area contributed by atoms with Crippen molar-refractivity contribution < 1.29 is 18.6 Å². The second-order valence-electron chi connectivity index (χ2n) is 11.6. The lowest BCUT2D eigenvalue weighted by Gasteiger charge is -2.44. The number of imidazole rings is 1. The van der Waals surface area contributed by atoms with Gasteiger partial charge in [0.2, 0.25) is 0 Å². The Labute approximate surface area is 232 Å². The number of nitrogens with two attached hydrogens (primary N) is 1. The van der Waals surface area contributed by atoms with Crippen molar-refractivity contribution in [1.29, 1.82) is 0 Å². The molecule has 1 aromatic carbocycles. The van der Waals surface area contributed by atoms with Gasteiger partial charge in [0.15, 0.2) is 0 Å². The minimum absolute atomic E-state index is 0.0429. The predicted molar refractivity (Wildman–Crippen MR) is 148 cm³/mol. The minimum atomic E-state index is -0.906. The van der Waals surface area contributed by atoms with Gasteiger partial charge in [-0.1, -0.05) is 6.92 Å². The van der Waals surface area contributed by atoms with Crippen molar-refractivity contribution in [3.05, 3.63) is 83.1 Å². The Morgan fingerprint density at radius 1 is 1.07 bits per heavy atom. The van der Waals surface area contributed by atoms with Gasteiger partial charge < -0.3 is 15.6 Å². The molecule has 0 bridgehead atoms. The number of pyridine rings is 1. The smallest absolute Gasteiger partial charge is 0.135 e. The van der Waals surface area contributed by atoms with E-state index in [-0.39, 0.29) is 35.1 Å². The number of ether oxygens (including phenoxy) is 1. The summed E-state index contributed by atoms with van der Waals surface area (Å²) in [6, 6.07) is 7.95. The predicted octanol–water partition coefficient (Wildman–Crippen LogP) is 5.15. The molecule has 4 aromatic rings. The van der Waals surface area contributed by atoms with Crippen LogP contribution < -0.4 is 5.73 Å². The molecule has 1 saturated heterocycles. The topological polar surface area (TPSA) is 98.6 Å². The summed E-state index contributed by atoms with van der Waals surface area (Å²) in [5.41, 5.74) is 9.05. The van der Waals surface area contributed by atoms with E-state index in [0.29, 0.717) is 37.4 Å². The molecule has 210 valence electrons. The Balaban J connectivity index is 1.31. The van der Waals surface area contributed by atoms with E-state index in [2.05, 4.69) is 15.1 Å². The Kier molecular flexibility index (Phi) is 7.14. The van der Waals surface area contributed by atoms with Crippen molar-refractivity contribution >= 4 is 5.52 Å². The van der Waals surface area contributed by atoms with Gasteiger partial charge in [0.05, 0.1) is 28.6 Å². The summed E-state index contributed by atoms with van der Waals surface area (Å²) in [6.07, 6.45) is 8.74. The molecule has 7 nitrogen and oxygen atoms in total. The van der Waals surface area contributed by atoms with E-state index >= 15 is 8.78 Å². The highest BCUT2D eigenvalue weighted by Crippen LogP contribution is 2.42. The zero-order valence-corrected chi connectivity index (χ0v) is 22.9. The molecule has 2 fully saturated rings. The van der Waals surface area contributed by atoms with Gasteiger partial charge in [-0.25, -0.2) is 18.3 Å². The van der Waals surface area contributed by atoms with Crippen LogP contribution in [-0.2, 0) is 11.2 Å². The van der Waals surface area contributed by atoms with Crippen LogP contribution in [0.5, 0.6) is 0 Å². The highest BCUT2D eigenvalue weighted by atomic mass is 19.1. The van der Waals surface area contributed by atoms with E-state index in [0.717, 1.165) is 35.9 Å². The number of hydrogen-bond acceptors (Lipinski definition) is 6. The second-order valence-corrected chi connectivity index (χ2v) is 11.6. The summed E-state index contributed by atoms with van der Waals surface area (Å²) >= 11 is 0. The van der Waals surface area contributed by atoms with E-state index in [1.165, 1.54) is 12.1 Å². The highest BCUT2D eigenvalue weighted by Gasteiger charge is 2.42. The average molecular weight is 548 g/mol.